The van der Waals surface area contributed by atoms with Crippen LogP contribution in [0, 0.1) is 5.92 Å². The monoisotopic (exact) mass is 268 g/mol. The molecule has 0 saturated carbocycles. The first-order valence-corrected chi connectivity index (χ1v) is 6.95. The number of halogens is 1. The van der Waals surface area contributed by atoms with Gasteiger partial charge in [-0.1, -0.05) is 24.9 Å². The molecule has 1 fully saturated rings. The van der Waals surface area contributed by atoms with Crippen molar-refractivity contribution in [1.82, 2.24) is 9.88 Å². The first-order chi connectivity index (χ1) is 8.72. The van der Waals surface area contributed by atoms with Crippen molar-refractivity contribution < 1.29 is 0 Å². The number of hydrazine groups is 1. The molecule has 0 aromatic carbocycles. The maximum absolute atomic E-state index is 6.18. The van der Waals surface area contributed by atoms with Crippen LogP contribution in [0.1, 0.15) is 31.9 Å². The van der Waals surface area contributed by atoms with E-state index in [-0.39, 0.29) is 0 Å². The lowest BCUT2D eigenvalue weighted by atomic mass is 9.95. The number of aromatic nitrogens is 1. The summed E-state index contributed by atoms with van der Waals surface area (Å²) in [5.74, 6) is 6.85. The molecule has 0 spiro atoms. The Morgan fingerprint density at radius 1 is 1.56 bits per heavy atom. The second-order valence-corrected chi connectivity index (χ2v) is 5.33. The van der Waals surface area contributed by atoms with E-state index in [0.29, 0.717) is 10.8 Å². The summed E-state index contributed by atoms with van der Waals surface area (Å²) in [7, 11) is 0. The summed E-state index contributed by atoms with van der Waals surface area (Å²) in [5.41, 5.74) is 3.47. The van der Waals surface area contributed by atoms with Crippen molar-refractivity contribution in [2.75, 3.05) is 18.5 Å². The van der Waals surface area contributed by atoms with Crippen LogP contribution in [-0.4, -0.2) is 23.0 Å². The summed E-state index contributed by atoms with van der Waals surface area (Å²) in [5, 5.41) is 0.715. The fourth-order valence-corrected chi connectivity index (χ4v) is 2.68. The number of likely N-dealkylation sites (tertiary alicyclic amines) is 1. The maximum Gasteiger partial charge on any atom is 0.140 e. The van der Waals surface area contributed by atoms with Crippen molar-refractivity contribution in [3.05, 3.63) is 22.8 Å². The Morgan fingerprint density at radius 3 is 3.11 bits per heavy atom. The molecule has 1 aliphatic heterocycles. The molecule has 0 bridgehead atoms. The highest BCUT2D eigenvalue weighted by Gasteiger charge is 2.19. The lowest BCUT2D eigenvalue weighted by molar-refractivity contribution is 0.163. The summed E-state index contributed by atoms with van der Waals surface area (Å²) in [6.07, 6.45) is 3.87. The van der Waals surface area contributed by atoms with E-state index in [2.05, 4.69) is 22.2 Å². The van der Waals surface area contributed by atoms with Crippen molar-refractivity contribution in [3.63, 3.8) is 0 Å². The number of hydrogen-bond donors (Lipinski definition) is 2. The van der Waals surface area contributed by atoms with Crippen LogP contribution < -0.4 is 11.3 Å². The minimum atomic E-state index is 0.665. The molecule has 0 amide bonds. The third-order valence-corrected chi connectivity index (χ3v) is 3.96. The molecule has 1 unspecified atom stereocenters. The van der Waals surface area contributed by atoms with E-state index in [4.69, 9.17) is 17.4 Å². The van der Waals surface area contributed by atoms with E-state index in [1.807, 2.05) is 6.07 Å². The number of anilines is 1. The third-order valence-electron chi connectivity index (χ3n) is 3.62. The SMILES string of the molecule is CCC1CCCN(Cc2nc(NN)ccc2Cl)C1. The van der Waals surface area contributed by atoms with Gasteiger partial charge in [0.1, 0.15) is 5.82 Å². The molecule has 1 aromatic rings. The van der Waals surface area contributed by atoms with Crippen LogP contribution in [0.5, 0.6) is 0 Å². The van der Waals surface area contributed by atoms with Gasteiger partial charge in [-0.3, -0.25) is 4.90 Å². The number of rotatable bonds is 4. The minimum Gasteiger partial charge on any atom is -0.308 e. The molecule has 1 aromatic heterocycles. The molecule has 100 valence electrons. The third kappa shape index (κ3) is 3.34. The number of hydrogen-bond acceptors (Lipinski definition) is 4. The standard InChI is InChI=1S/C13H21ClN4/c1-2-10-4-3-7-18(8-10)9-12-11(14)5-6-13(16-12)17-15/h5-6,10H,2-4,7-9,15H2,1H3,(H,16,17). The smallest absolute Gasteiger partial charge is 0.140 e. The van der Waals surface area contributed by atoms with Gasteiger partial charge in [0, 0.05) is 13.1 Å². The zero-order valence-corrected chi connectivity index (χ0v) is 11.6. The Kier molecular flexibility index (Phi) is 4.80. The van der Waals surface area contributed by atoms with Gasteiger partial charge < -0.3 is 5.43 Å². The first-order valence-electron chi connectivity index (χ1n) is 6.57. The van der Waals surface area contributed by atoms with E-state index < -0.39 is 0 Å². The molecule has 0 radical (unpaired) electrons. The average Bonchev–Trinajstić information content (AvgIpc) is 2.41. The molecular formula is C13H21ClN4. The summed E-state index contributed by atoms with van der Waals surface area (Å²) in [6.45, 7) is 5.35. The minimum absolute atomic E-state index is 0.665. The topological polar surface area (TPSA) is 54.2 Å². The summed E-state index contributed by atoms with van der Waals surface area (Å²) in [4.78, 5) is 6.86. The summed E-state index contributed by atoms with van der Waals surface area (Å²) in [6, 6.07) is 3.64. The van der Waals surface area contributed by atoms with E-state index in [1.54, 1.807) is 6.07 Å². The Labute approximate surface area is 113 Å². The van der Waals surface area contributed by atoms with Crippen LogP contribution in [0.2, 0.25) is 5.02 Å². The van der Waals surface area contributed by atoms with Gasteiger partial charge in [-0.2, -0.15) is 0 Å². The van der Waals surface area contributed by atoms with Crippen LogP contribution in [0.4, 0.5) is 5.82 Å². The number of nitrogens with zero attached hydrogens (tertiary/aromatic N) is 2. The molecule has 2 rings (SSSR count). The molecule has 0 aliphatic carbocycles. The molecule has 3 N–H and O–H groups in total. The van der Waals surface area contributed by atoms with Gasteiger partial charge >= 0.3 is 0 Å². The zero-order valence-electron chi connectivity index (χ0n) is 10.8. The largest absolute Gasteiger partial charge is 0.308 e. The Balaban J connectivity index is 2.04. The normalized spacial score (nSPS) is 20.9. The number of pyridine rings is 1. The highest BCUT2D eigenvalue weighted by Crippen LogP contribution is 2.23. The lowest BCUT2D eigenvalue weighted by Gasteiger charge is -2.32. The van der Waals surface area contributed by atoms with Gasteiger partial charge in [-0.15, -0.1) is 0 Å². The molecule has 2 heterocycles. The molecule has 4 nitrogen and oxygen atoms in total. The zero-order chi connectivity index (χ0) is 13.0. The van der Waals surface area contributed by atoms with Gasteiger partial charge in [0.25, 0.3) is 0 Å². The van der Waals surface area contributed by atoms with Crippen LogP contribution in [0.25, 0.3) is 0 Å². The van der Waals surface area contributed by atoms with Crippen molar-refractivity contribution in [2.24, 2.45) is 11.8 Å². The van der Waals surface area contributed by atoms with Gasteiger partial charge in [0.2, 0.25) is 0 Å². The van der Waals surface area contributed by atoms with Gasteiger partial charge in [-0.05, 0) is 37.4 Å². The number of nitrogen functional groups attached to an aromatic ring is 1. The molecule has 1 atom stereocenters. The molecule has 1 aliphatic rings. The molecular weight excluding hydrogens is 248 g/mol. The number of nitrogens with two attached hydrogens (primary N) is 1. The Morgan fingerprint density at radius 2 is 2.39 bits per heavy atom. The lowest BCUT2D eigenvalue weighted by Crippen LogP contribution is -2.35. The van der Waals surface area contributed by atoms with Crippen LogP contribution in [0.15, 0.2) is 12.1 Å². The van der Waals surface area contributed by atoms with Crippen LogP contribution in [0.3, 0.4) is 0 Å². The van der Waals surface area contributed by atoms with Gasteiger partial charge in [-0.25, -0.2) is 10.8 Å². The van der Waals surface area contributed by atoms with E-state index in [0.717, 1.165) is 31.2 Å². The molecule has 1 saturated heterocycles. The second kappa shape index (κ2) is 6.36. The van der Waals surface area contributed by atoms with Crippen LogP contribution in [-0.2, 0) is 6.54 Å². The van der Waals surface area contributed by atoms with E-state index in [1.165, 1.54) is 19.3 Å². The fraction of sp³-hybridized carbons (Fsp3) is 0.615. The second-order valence-electron chi connectivity index (χ2n) is 4.92. The van der Waals surface area contributed by atoms with Gasteiger partial charge in [0.05, 0.1) is 10.7 Å². The van der Waals surface area contributed by atoms with Crippen molar-refractivity contribution in [3.8, 4) is 0 Å². The average molecular weight is 269 g/mol. The summed E-state index contributed by atoms with van der Waals surface area (Å²) >= 11 is 6.18. The predicted octanol–water partition coefficient (Wildman–Crippen LogP) is 2.64. The Hall–Kier alpha value is -0.840. The van der Waals surface area contributed by atoms with Crippen LogP contribution >= 0.6 is 11.6 Å². The highest BCUT2D eigenvalue weighted by molar-refractivity contribution is 6.31. The van der Waals surface area contributed by atoms with Crippen molar-refractivity contribution in [2.45, 2.75) is 32.7 Å². The van der Waals surface area contributed by atoms with Crippen molar-refractivity contribution in [1.29, 1.82) is 0 Å². The van der Waals surface area contributed by atoms with Crippen molar-refractivity contribution >= 4 is 17.4 Å². The summed E-state index contributed by atoms with van der Waals surface area (Å²) < 4.78 is 0. The predicted molar refractivity (Wildman–Crippen MR) is 75.3 cm³/mol. The number of nitrogens with one attached hydrogen (secondary N) is 1. The van der Waals surface area contributed by atoms with E-state index in [9.17, 15) is 0 Å². The maximum atomic E-state index is 6.18. The number of piperidine rings is 1. The Bertz CT molecular complexity index is 397. The van der Waals surface area contributed by atoms with Gasteiger partial charge in [0.15, 0.2) is 0 Å². The first kappa shape index (κ1) is 13.6. The quantitative estimate of drug-likeness (QED) is 0.651. The fourth-order valence-electron chi connectivity index (χ4n) is 2.52. The highest BCUT2D eigenvalue weighted by atomic mass is 35.5. The molecule has 5 heteroatoms. The van der Waals surface area contributed by atoms with E-state index >= 15 is 0 Å². The molecule has 18 heavy (non-hydrogen) atoms.